The van der Waals surface area contributed by atoms with Crippen LogP contribution in [0, 0.1) is 0 Å². The van der Waals surface area contributed by atoms with Gasteiger partial charge < -0.3 is 0 Å². The zero-order valence-corrected chi connectivity index (χ0v) is 6.89. The number of urea groups is 1. The fourth-order valence-electron chi connectivity index (χ4n) is 0.261. The molecule has 0 fully saturated rings. The van der Waals surface area contributed by atoms with Gasteiger partial charge in [-0.1, -0.05) is 0 Å². The number of amides is 2. The summed E-state index contributed by atoms with van der Waals surface area (Å²) in [6.45, 7) is 5.51. The zero-order valence-electron chi connectivity index (χ0n) is 6.89. The maximum atomic E-state index is 10.4. The molecule has 0 atom stereocenters. The Bertz CT molecular complexity index is 131. The van der Waals surface area contributed by atoms with E-state index >= 15 is 0 Å². The average Bonchev–Trinajstić information content (AvgIpc) is 1.85. The molecule has 0 radical (unpaired) electrons. The summed E-state index contributed by atoms with van der Waals surface area (Å²) >= 11 is 0. The van der Waals surface area contributed by atoms with E-state index < -0.39 is 6.03 Å². The van der Waals surface area contributed by atoms with Crippen LogP contribution in [-0.2, 0) is 4.84 Å². The number of rotatable bonds is 2. The van der Waals surface area contributed by atoms with Gasteiger partial charge >= 0.3 is 6.03 Å². The Morgan fingerprint density at radius 2 is 2.00 bits per heavy atom. The third-order valence-electron chi connectivity index (χ3n) is 0.653. The minimum atomic E-state index is -0.561. The number of hydrazine groups is 2. The van der Waals surface area contributed by atoms with Gasteiger partial charge in [-0.25, -0.2) is 16.1 Å². The van der Waals surface area contributed by atoms with Crippen LogP contribution >= 0.6 is 0 Å². The highest BCUT2D eigenvalue weighted by Crippen LogP contribution is 2.02. The predicted molar refractivity (Wildman–Crippen MR) is 39.8 cm³/mol. The Kier molecular flexibility index (Phi) is 3.80. The van der Waals surface area contributed by atoms with Gasteiger partial charge in [0, 0.05) is 0 Å². The van der Waals surface area contributed by atoms with Crippen molar-refractivity contribution in [3.63, 3.8) is 0 Å². The normalized spacial score (nSPS) is 10.9. The van der Waals surface area contributed by atoms with Gasteiger partial charge in [-0.2, -0.15) is 0 Å². The van der Waals surface area contributed by atoms with Gasteiger partial charge in [-0.15, -0.1) is 5.59 Å². The van der Waals surface area contributed by atoms with Crippen molar-refractivity contribution in [2.24, 2.45) is 5.84 Å². The summed E-state index contributed by atoms with van der Waals surface area (Å²) in [4.78, 5) is 15.3. The Balaban J connectivity index is 3.35. The molecule has 0 aromatic rings. The first kappa shape index (κ1) is 10.2. The molecule has 0 bridgehead atoms. The summed E-state index contributed by atoms with van der Waals surface area (Å²) in [6, 6.07) is -0.561. The molecule has 6 nitrogen and oxygen atoms in total. The number of nitrogens with one attached hydrogen (secondary N) is 3. The van der Waals surface area contributed by atoms with Crippen LogP contribution in [0.15, 0.2) is 0 Å². The summed E-state index contributed by atoms with van der Waals surface area (Å²) in [6.07, 6.45) is 0. The molecule has 66 valence electrons. The molecule has 0 heterocycles. The maximum Gasteiger partial charge on any atom is 0.345 e. The number of carbonyl (C=O) groups is 1. The van der Waals surface area contributed by atoms with Crippen molar-refractivity contribution in [1.82, 2.24) is 16.4 Å². The van der Waals surface area contributed by atoms with Crippen molar-refractivity contribution in [1.29, 1.82) is 0 Å². The number of carbonyl (C=O) groups excluding carboxylic acids is 1. The van der Waals surface area contributed by atoms with Crippen LogP contribution in [0.4, 0.5) is 4.79 Å². The van der Waals surface area contributed by atoms with Crippen LogP contribution < -0.4 is 22.3 Å². The lowest BCUT2D eigenvalue weighted by Crippen LogP contribution is -2.48. The van der Waals surface area contributed by atoms with Crippen LogP contribution in [0.1, 0.15) is 20.8 Å². The Hall–Kier alpha value is -0.850. The first-order valence-corrected chi connectivity index (χ1v) is 3.15. The van der Waals surface area contributed by atoms with Crippen LogP contribution in [0.3, 0.4) is 0 Å². The predicted octanol–water partition coefficient (Wildman–Crippen LogP) is -0.606. The SMILES string of the molecule is CC(C)(C)ONNC(=O)NN. The summed E-state index contributed by atoms with van der Waals surface area (Å²) < 4.78 is 0. The largest absolute Gasteiger partial charge is 0.345 e. The minimum absolute atomic E-state index is 0.359. The van der Waals surface area contributed by atoms with Crippen molar-refractivity contribution < 1.29 is 9.63 Å². The van der Waals surface area contributed by atoms with Crippen molar-refractivity contribution >= 4 is 6.03 Å². The van der Waals surface area contributed by atoms with E-state index in [-0.39, 0.29) is 5.60 Å². The number of nitrogens with two attached hydrogens (primary N) is 1. The second-order valence-electron chi connectivity index (χ2n) is 2.91. The molecule has 0 spiro atoms. The van der Waals surface area contributed by atoms with E-state index in [0.717, 1.165) is 0 Å². The lowest BCUT2D eigenvalue weighted by atomic mass is 10.2. The summed E-state index contributed by atoms with van der Waals surface area (Å²) in [5.41, 5.74) is 5.87. The van der Waals surface area contributed by atoms with Gasteiger partial charge in [0.05, 0.1) is 5.60 Å². The molecule has 0 aliphatic heterocycles. The molecule has 5 N–H and O–H groups in total. The van der Waals surface area contributed by atoms with Crippen LogP contribution in [0.2, 0.25) is 0 Å². The van der Waals surface area contributed by atoms with E-state index in [1.165, 1.54) is 0 Å². The Morgan fingerprint density at radius 1 is 1.45 bits per heavy atom. The van der Waals surface area contributed by atoms with E-state index in [0.29, 0.717) is 0 Å². The van der Waals surface area contributed by atoms with E-state index in [1.54, 1.807) is 0 Å². The molecular weight excluding hydrogens is 148 g/mol. The first-order chi connectivity index (χ1) is 4.95. The minimum Gasteiger partial charge on any atom is -0.277 e. The lowest BCUT2D eigenvalue weighted by Gasteiger charge is -2.18. The molecule has 0 aromatic heterocycles. The van der Waals surface area contributed by atoms with Crippen molar-refractivity contribution in [2.75, 3.05) is 0 Å². The fourth-order valence-corrected chi connectivity index (χ4v) is 0.261. The Labute approximate surface area is 65.4 Å². The highest BCUT2D eigenvalue weighted by Gasteiger charge is 2.09. The molecule has 11 heavy (non-hydrogen) atoms. The first-order valence-electron chi connectivity index (χ1n) is 3.15. The fraction of sp³-hybridized carbons (Fsp3) is 0.800. The van der Waals surface area contributed by atoms with Gasteiger partial charge in [-0.3, -0.25) is 10.3 Å². The lowest BCUT2D eigenvalue weighted by molar-refractivity contribution is -0.0862. The van der Waals surface area contributed by atoms with Gasteiger partial charge in [0.2, 0.25) is 0 Å². The van der Waals surface area contributed by atoms with Gasteiger partial charge in [0.15, 0.2) is 0 Å². The molecule has 6 heteroatoms. The molecule has 2 amide bonds. The van der Waals surface area contributed by atoms with Crippen LogP contribution in [0.25, 0.3) is 0 Å². The van der Waals surface area contributed by atoms with Crippen molar-refractivity contribution in [3.8, 4) is 0 Å². The van der Waals surface area contributed by atoms with Crippen molar-refractivity contribution in [3.05, 3.63) is 0 Å². The summed E-state index contributed by atoms with van der Waals surface area (Å²) in [5, 5.41) is 0. The van der Waals surface area contributed by atoms with Gasteiger partial charge in [0.25, 0.3) is 0 Å². The molecule has 0 aromatic carbocycles. The van der Waals surface area contributed by atoms with Crippen molar-refractivity contribution in [2.45, 2.75) is 26.4 Å². The molecule has 0 rings (SSSR count). The highest BCUT2D eigenvalue weighted by atomic mass is 16.7. The zero-order chi connectivity index (χ0) is 8.91. The topological polar surface area (TPSA) is 88.4 Å². The molecule has 0 aliphatic carbocycles. The maximum absolute atomic E-state index is 10.4. The van der Waals surface area contributed by atoms with E-state index in [9.17, 15) is 4.79 Å². The number of hydrogen-bond donors (Lipinski definition) is 4. The third-order valence-corrected chi connectivity index (χ3v) is 0.653. The van der Waals surface area contributed by atoms with E-state index in [2.05, 4.69) is 11.0 Å². The second-order valence-corrected chi connectivity index (χ2v) is 2.91. The van der Waals surface area contributed by atoms with Crippen LogP contribution in [0.5, 0.6) is 0 Å². The second kappa shape index (κ2) is 4.12. The molecule has 0 unspecified atom stereocenters. The third kappa shape index (κ3) is 7.04. The van der Waals surface area contributed by atoms with E-state index in [4.69, 9.17) is 10.7 Å². The Morgan fingerprint density at radius 3 is 2.36 bits per heavy atom. The molecule has 0 aliphatic rings. The molecule has 0 saturated heterocycles. The van der Waals surface area contributed by atoms with Crippen LogP contribution in [-0.4, -0.2) is 11.6 Å². The highest BCUT2D eigenvalue weighted by molar-refractivity contribution is 5.72. The average molecular weight is 162 g/mol. The number of hydrogen-bond acceptors (Lipinski definition) is 4. The molecule has 0 saturated carbocycles. The van der Waals surface area contributed by atoms with Gasteiger partial charge in [0.1, 0.15) is 0 Å². The summed E-state index contributed by atoms with van der Waals surface area (Å²) in [7, 11) is 0. The van der Waals surface area contributed by atoms with Gasteiger partial charge in [-0.05, 0) is 20.8 Å². The smallest absolute Gasteiger partial charge is 0.277 e. The monoisotopic (exact) mass is 162 g/mol. The molecular formula is C5H14N4O2. The standard InChI is InChI=1S/C5H14N4O2/c1-5(2,3)11-9-8-4(10)7-6/h9H,6H2,1-3H3,(H2,7,8,10). The van der Waals surface area contributed by atoms with E-state index in [1.807, 2.05) is 26.2 Å². The summed E-state index contributed by atoms with van der Waals surface area (Å²) in [5.74, 6) is 4.76. The quantitative estimate of drug-likeness (QED) is 0.248.